The van der Waals surface area contributed by atoms with Crippen LogP contribution < -0.4 is 20.3 Å². The molecule has 0 spiro atoms. The molecule has 0 amide bonds. The first-order chi connectivity index (χ1) is 15.2. The van der Waals surface area contributed by atoms with Gasteiger partial charge in [-0.3, -0.25) is 16.1 Å². The van der Waals surface area contributed by atoms with Gasteiger partial charge in [0, 0.05) is 35.1 Å². The molecule has 0 saturated heterocycles. The summed E-state index contributed by atoms with van der Waals surface area (Å²) in [7, 11) is 0. The second-order valence-corrected chi connectivity index (χ2v) is 6.70. The number of nitrogens with one attached hydrogen (secondary N) is 3. The highest BCUT2D eigenvalue weighted by Gasteiger charge is 2.05. The fourth-order valence-corrected chi connectivity index (χ4v) is 2.91. The number of hydrogen-bond acceptors (Lipinski definition) is 6. The maximum Gasteiger partial charge on any atom is 0.149 e. The first-order valence-corrected chi connectivity index (χ1v) is 10.1. The van der Waals surface area contributed by atoms with E-state index in [0.29, 0.717) is 43.5 Å². The Morgan fingerprint density at radius 2 is 1.58 bits per heavy atom. The Labute approximate surface area is 182 Å². The van der Waals surface area contributed by atoms with Crippen LogP contribution in [0.2, 0.25) is 0 Å². The Hall–Kier alpha value is -3.55. The molecule has 0 saturated carbocycles. The second-order valence-electron chi connectivity index (χ2n) is 6.70. The lowest BCUT2D eigenvalue weighted by atomic mass is 10.2. The van der Waals surface area contributed by atoms with E-state index in [1.807, 2.05) is 73.1 Å². The van der Waals surface area contributed by atoms with Gasteiger partial charge in [0.15, 0.2) is 0 Å². The van der Waals surface area contributed by atoms with Crippen LogP contribution >= 0.6 is 0 Å². The van der Waals surface area contributed by atoms with Crippen molar-refractivity contribution < 1.29 is 19.4 Å². The third-order valence-corrected chi connectivity index (χ3v) is 4.37. The molecule has 0 radical (unpaired) electrons. The molecule has 4 N–H and O–H groups in total. The Bertz CT molecular complexity index is 962. The van der Waals surface area contributed by atoms with Crippen molar-refractivity contribution in [3.63, 3.8) is 0 Å². The van der Waals surface area contributed by atoms with Gasteiger partial charge in [-0.1, -0.05) is 30.3 Å². The van der Waals surface area contributed by atoms with Crippen LogP contribution in [0.3, 0.4) is 0 Å². The highest BCUT2D eigenvalue weighted by molar-refractivity contribution is 5.95. The molecule has 0 aliphatic carbocycles. The van der Waals surface area contributed by atoms with Gasteiger partial charge in [0.25, 0.3) is 0 Å². The van der Waals surface area contributed by atoms with Crippen molar-refractivity contribution in [1.82, 2.24) is 5.48 Å². The van der Waals surface area contributed by atoms with Crippen LogP contribution in [0, 0.1) is 5.41 Å². The lowest BCUT2D eigenvalue weighted by molar-refractivity contribution is 0.0888. The van der Waals surface area contributed by atoms with E-state index in [1.165, 1.54) is 0 Å². The minimum Gasteiger partial charge on any atom is -0.494 e. The molecular formula is C24H27N3O4. The molecule has 0 aliphatic rings. The molecule has 0 fully saturated rings. The summed E-state index contributed by atoms with van der Waals surface area (Å²) in [5, 5.41) is 19.7. The lowest BCUT2D eigenvalue weighted by Gasteiger charge is -2.14. The Kier molecular flexibility index (Phi) is 8.28. The van der Waals surface area contributed by atoms with Gasteiger partial charge in [0.1, 0.15) is 23.9 Å². The van der Waals surface area contributed by atoms with Crippen LogP contribution in [0.15, 0.2) is 72.8 Å². The SMILES string of the molecule is CCOc1cc(Nc2ccc(C(=N)NO)cc2)cc(OCCOCc2ccccc2)c1. The van der Waals surface area contributed by atoms with E-state index in [9.17, 15) is 0 Å². The van der Waals surface area contributed by atoms with Crippen LogP contribution in [0.5, 0.6) is 11.5 Å². The topological polar surface area (TPSA) is 95.8 Å². The number of hydroxylamine groups is 1. The Morgan fingerprint density at radius 3 is 2.26 bits per heavy atom. The van der Waals surface area contributed by atoms with E-state index >= 15 is 0 Å². The fraction of sp³-hybridized carbons (Fsp3) is 0.208. The summed E-state index contributed by atoms with van der Waals surface area (Å²) in [6.45, 7) is 3.93. The molecule has 3 aromatic rings. The molecule has 7 nitrogen and oxygen atoms in total. The van der Waals surface area contributed by atoms with Gasteiger partial charge in [0.05, 0.1) is 19.8 Å². The first-order valence-electron chi connectivity index (χ1n) is 10.1. The predicted molar refractivity (Wildman–Crippen MR) is 121 cm³/mol. The number of anilines is 2. The van der Waals surface area contributed by atoms with Crippen molar-refractivity contribution in [2.24, 2.45) is 0 Å². The number of benzene rings is 3. The zero-order chi connectivity index (χ0) is 21.9. The molecule has 3 rings (SSSR count). The minimum absolute atomic E-state index is 0.0601. The first kappa shape index (κ1) is 22.1. The molecular weight excluding hydrogens is 394 g/mol. The van der Waals surface area contributed by atoms with Gasteiger partial charge in [-0.2, -0.15) is 0 Å². The van der Waals surface area contributed by atoms with E-state index in [0.717, 1.165) is 16.9 Å². The molecule has 162 valence electrons. The summed E-state index contributed by atoms with van der Waals surface area (Å²) in [4.78, 5) is 0. The zero-order valence-electron chi connectivity index (χ0n) is 17.4. The molecule has 0 unspecified atom stereocenters. The van der Waals surface area contributed by atoms with E-state index in [2.05, 4.69) is 5.32 Å². The van der Waals surface area contributed by atoms with Gasteiger partial charge in [-0.15, -0.1) is 0 Å². The summed E-state index contributed by atoms with van der Waals surface area (Å²) >= 11 is 0. The maximum atomic E-state index is 8.84. The van der Waals surface area contributed by atoms with Crippen molar-refractivity contribution in [2.75, 3.05) is 25.1 Å². The lowest BCUT2D eigenvalue weighted by Crippen LogP contribution is -2.18. The summed E-state index contributed by atoms with van der Waals surface area (Å²) in [6.07, 6.45) is 0. The predicted octanol–water partition coefficient (Wildman–Crippen LogP) is 4.73. The summed E-state index contributed by atoms with van der Waals surface area (Å²) in [5.74, 6) is 1.32. The van der Waals surface area contributed by atoms with E-state index in [-0.39, 0.29) is 5.84 Å². The Morgan fingerprint density at radius 1 is 0.871 bits per heavy atom. The quantitative estimate of drug-likeness (QED) is 0.155. The standard InChI is InChI=1S/C24H27N3O4/c1-2-30-22-14-21(26-20-10-8-19(9-11-20)24(25)27-28)15-23(16-22)31-13-12-29-17-18-6-4-3-5-7-18/h3-11,14-16,26,28H,2,12-13,17H2,1H3,(H2,25,27). The molecule has 0 heterocycles. The van der Waals surface area contributed by atoms with Crippen molar-refractivity contribution in [2.45, 2.75) is 13.5 Å². The third kappa shape index (κ3) is 7.02. The molecule has 0 bridgehead atoms. The molecule has 3 aromatic carbocycles. The van der Waals surface area contributed by atoms with Gasteiger partial charge < -0.3 is 19.5 Å². The highest BCUT2D eigenvalue weighted by Crippen LogP contribution is 2.28. The molecule has 0 aliphatic heterocycles. The molecule has 0 atom stereocenters. The van der Waals surface area contributed by atoms with Crippen LogP contribution in [0.4, 0.5) is 11.4 Å². The highest BCUT2D eigenvalue weighted by atomic mass is 16.5. The van der Waals surface area contributed by atoms with Crippen molar-refractivity contribution >= 4 is 17.2 Å². The van der Waals surface area contributed by atoms with Crippen LogP contribution in [-0.4, -0.2) is 30.9 Å². The summed E-state index contributed by atoms with van der Waals surface area (Å²) < 4.78 is 17.2. The van der Waals surface area contributed by atoms with Gasteiger partial charge >= 0.3 is 0 Å². The van der Waals surface area contributed by atoms with Crippen LogP contribution in [0.1, 0.15) is 18.1 Å². The number of hydrogen-bond donors (Lipinski definition) is 4. The average Bonchev–Trinajstić information content (AvgIpc) is 2.80. The summed E-state index contributed by atoms with van der Waals surface area (Å²) in [5.41, 5.74) is 5.19. The smallest absolute Gasteiger partial charge is 0.149 e. The monoisotopic (exact) mass is 421 g/mol. The zero-order valence-corrected chi connectivity index (χ0v) is 17.4. The van der Waals surface area contributed by atoms with E-state index in [1.54, 1.807) is 12.1 Å². The van der Waals surface area contributed by atoms with Crippen LogP contribution in [-0.2, 0) is 11.3 Å². The molecule has 0 aromatic heterocycles. The number of ether oxygens (including phenoxy) is 3. The average molecular weight is 421 g/mol. The maximum absolute atomic E-state index is 8.84. The minimum atomic E-state index is -0.0601. The number of amidine groups is 1. The molecule has 7 heteroatoms. The number of rotatable bonds is 11. The van der Waals surface area contributed by atoms with Crippen molar-refractivity contribution in [1.29, 1.82) is 5.41 Å². The third-order valence-electron chi connectivity index (χ3n) is 4.37. The normalized spacial score (nSPS) is 10.4. The van der Waals surface area contributed by atoms with E-state index < -0.39 is 0 Å². The fourth-order valence-electron chi connectivity index (χ4n) is 2.91. The Balaban J connectivity index is 1.58. The van der Waals surface area contributed by atoms with Crippen LogP contribution in [0.25, 0.3) is 0 Å². The van der Waals surface area contributed by atoms with Gasteiger partial charge in [-0.05, 0) is 36.8 Å². The molecule has 31 heavy (non-hydrogen) atoms. The van der Waals surface area contributed by atoms with Gasteiger partial charge in [-0.25, -0.2) is 0 Å². The van der Waals surface area contributed by atoms with Gasteiger partial charge in [0.2, 0.25) is 0 Å². The van der Waals surface area contributed by atoms with Crippen molar-refractivity contribution in [3.8, 4) is 11.5 Å². The van der Waals surface area contributed by atoms with Crippen molar-refractivity contribution in [3.05, 3.63) is 83.9 Å². The largest absolute Gasteiger partial charge is 0.494 e. The second kappa shape index (κ2) is 11.6. The van der Waals surface area contributed by atoms with E-state index in [4.69, 9.17) is 24.8 Å². The summed E-state index contributed by atoms with van der Waals surface area (Å²) in [6, 6.07) is 22.8.